The maximum Gasteiger partial charge on any atom is 0.243 e. The molecule has 1 saturated heterocycles. The summed E-state index contributed by atoms with van der Waals surface area (Å²) in [6, 6.07) is 5.12. The lowest BCUT2D eigenvalue weighted by molar-refractivity contribution is -0.119. The van der Waals surface area contributed by atoms with E-state index >= 15 is 0 Å². The highest BCUT2D eigenvalue weighted by Gasteiger charge is 2.25. The average molecular weight is 396 g/mol. The zero-order valence-electron chi connectivity index (χ0n) is 17.0. The average Bonchev–Trinajstić information content (AvgIpc) is 3.17. The molecule has 0 saturated carbocycles. The Morgan fingerprint density at radius 1 is 1.19 bits per heavy atom. The molecule has 1 fully saturated rings. The molecule has 1 aromatic carbocycles. The number of hydrogen-bond acceptors (Lipinski definition) is 4. The molecular formula is C20H33N3O3S. The number of carbonyl (C=O) groups excluding carboxylic acids is 1. The zero-order valence-corrected chi connectivity index (χ0v) is 17.8. The molecule has 0 aliphatic carbocycles. The topological polar surface area (TPSA) is 69.7 Å². The Morgan fingerprint density at radius 2 is 1.81 bits per heavy atom. The molecule has 1 unspecified atom stereocenters. The summed E-state index contributed by atoms with van der Waals surface area (Å²) in [6.07, 6.45) is 3.96. The zero-order chi connectivity index (χ0) is 20.0. The van der Waals surface area contributed by atoms with Crippen molar-refractivity contribution in [3.63, 3.8) is 0 Å². The summed E-state index contributed by atoms with van der Waals surface area (Å²) in [5, 5.41) is 3.00. The Labute approximate surface area is 164 Å². The summed E-state index contributed by atoms with van der Waals surface area (Å²) in [5.74, 6) is -0.167. The second-order valence-electron chi connectivity index (χ2n) is 7.14. The standard InChI is InChI=1S/C20H33N3O3S/c1-5-10-16(4)20(24)21-18-15-17(27(25,26)23(6-2)7-3)11-12-19(18)22-13-8-9-14-22/h11-12,15-16H,5-10,13-14H2,1-4H3,(H,21,24). The van der Waals surface area contributed by atoms with Gasteiger partial charge in [-0.05, 0) is 37.5 Å². The largest absolute Gasteiger partial charge is 0.370 e. The van der Waals surface area contributed by atoms with Gasteiger partial charge in [-0.3, -0.25) is 4.79 Å². The Morgan fingerprint density at radius 3 is 2.37 bits per heavy atom. The quantitative estimate of drug-likeness (QED) is 0.692. The van der Waals surface area contributed by atoms with Crippen LogP contribution in [0.4, 0.5) is 11.4 Å². The third-order valence-electron chi connectivity index (χ3n) is 5.19. The maximum absolute atomic E-state index is 12.9. The van der Waals surface area contributed by atoms with E-state index in [-0.39, 0.29) is 16.7 Å². The SMILES string of the molecule is CCCC(C)C(=O)Nc1cc(S(=O)(=O)N(CC)CC)ccc1N1CCCC1. The summed E-state index contributed by atoms with van der Waals surface area (Å²) in [5.41, 5.74) is 1.50. The van der Waals surface area contributed by atoms with E-state index in [1.165, 1.54) is 4.31 Å². The molecule has 27 heavy (non-hydrogen) atoms. The molecule has 152 valence electrons. The number of nitrogens with one attached hydrogen (secondary N) is 1. The first-order valence-electron chi connectivity index (χ1n) is 10.0. The van der Waals surface area contributed by atoms with Gasteiger partial charge >= 0.3 is 0 Å². The molecule has 1 heterocycles. The van der Waals surface area contributed by atoms with Crippen molar-refractivity contribution < 1.29 is 13.2 Å². The van der Waals surface area contributed by atoms with Crippen molar-refractivity contribution in [3.05, 3.63) is 18.2 Å². The fourth-order valence-corrected chi connectivity index (χ4v) is 5.03. The van der Waals surface area contributed by atoms with Crippen LogP contribution >= 0.6 is 0 Å². The molecule has 0 radical (unpaired) electrons. The molecule has 0 bridgehead atoms. The third kappa shape index (κ3) is 5.02. The highest BCUT2D eigenvalue weighted by atomic mass is 32.2. The second kappa shape index (κ2) is 9.55. The van der Waals surface area contributed by atoms with Crippen LogP contribution in [-0.2, 0) is 14.8 Å². The summed E-state index contributed by atoms with van der Waals surface area (Å²) < 4.78 is 27.2. The van der Waals surface area contributed by atoms with Gasteiger partial charge in [-0.2, -0.15) is 4.31 Å². The minimum absolute atomic E-state index is 0.0605. The molecule has 6 nitrogen and oxygen atoms in total. The first-order valence-corrected chi connectivity index (χ1v) is 11.5. The number of carbonyl (C=O) groups is 1. The van der Waals surface area contributed by atoms with Gasteiger partial charge in [0.05, 0.1) is 16.3 Å². The fraction of sp³-hybridized carbons (Fsp3) is 0.650. The summed E-state index contributed by atoms with van der Waals surface area (Å²) in [6.45, 7) is 10.3. The van der Waals surface area contributed by atoms with Crippen molar-refractivity contribution >= 4 is 27.3 Å². The number of anilines is 2. The van der Waals surface area contributed by atoms with Crippen molar-refractivity contribution in [2.75, 3.05) is 36.4 Å². The van der Waals surface area contributed by atoms with Crippen LogP contribution in [0.1, 0.15) is 53.4 Å². The van der Waals surface area contributed by atoms with Crippen molar-refractivity contribution in [2.24, 2.45) is 5.92 Å². The molecule has 0 aromatic heterocycles. The van der Waals surface area contributed by atoms with Crippen molar-refractivity contribution in [3.8, 4) is 0 Å². The van der Waals surface area contributed by atoms with Gasteiger partial charge in [0.25, 0.3) is 0 Å². The first-order chi connectivity index (χ1) is 12.8. The van der Waals surface area contributed by atoms with Crippen molar-refractivity contribution in [1.82, 2.24) is 4.31 Å². The molecule has 1 aliphatic heterocycles. The van der Waals surface area contributed by atoms with E-state index in [1.54, 1.807) is 12.1 Å². The number of rotatable bonds is 9. The van der Waals surface area contributed by atoms with Crippen LogP contribution in [0.25, 0.3) is 0 Å². The van der Waals surface area contributed by atoms with Gasteiger partial charge in [0.15, 0.2) is 0 Å². The van der Waals surface area contributed by atoms with E-state index in [0.717, 1.165) is 44.5 Å². The van der Waals surface area contributed by atoms with Gasteiger partial charge in [0.2, 0.25) is 15.9 Å². The number of nitrogens with zero attached hydrogens (tertiary/aromatic N) is 2. The Bertz CT molecular complexity index is 739. The number of sulfonamides is 1. The van der Waals surface area contributed by atoms with Gasteiger partial charge in [0, 0.05) is 32.1 Å². The minimum atomic E-state index is -3.57. The van der Waals surface area contributed by atoms with Gasteiger partial charge in [0.1, 0.15) is 0 Å². The van der Waals surface area contributed by atoms with Gasteiger partial charge in [-0.25, -0.2) is 8.42 Å². The van der Waals surface area contributed by atoms with Gasteiger partial charge < -0.3 is 10.2 Å². The molecule has 7 heteroatoms. The smallest absolute Gasteiger partial charge is 0.243 e. The van der Waals surface area contributed by atoms with Crippen molar-refractivity contribution in [1.29, 1.82) is 0 Å². The lowest BCUT2D eigenvalue weighted by Crippen LogP contribution is -2.31. The lowest BCUT2D eigenvalue weighted by Gasteiger charge is -2.24. The predicted molar refractivity (Wildman–Crippen MR) is 111 cm³/mol. The maximum atomic E-state index is 12.9. The summed E-state index contributed by atoms with van der Waals surface area (Å²) in [4.78, 5) is 15.0. The highest BCUT2D eigenvalue weighted by molar-refractivity contribution is 7.89. The molecular weight excluding hydrogens is 362 g/mol. The molecule has 1 atom stereocenters. The van der Waals surface area contributed by atoms with Crippen LogP contribution in [0.2, 0.25) is 0 Å². The molecule has 1 aliphatic rings. The highest BCUT2D eigenvalue weighted by Crippen LogP contribution is 2.32. The molecule has 2 rings (SSSR count). The fourth-order valence-electron chi connectivity index (χ4n) is 3.54. The Balaban J connectivity index is 2.41. The van der Waals surface area contributed by atoms with E-state index in [2.05, 4.69) is 17.1 Å². The summed E-state index contributed by atoms with van der Waals surface area (Å²) >= 11 is 0. The molecule has 1 aromatic rings. The van der Waals surface area contributed by atoms with E-state index in [9.17, 15) is 13.2 Å². The van der Waals surface area contributed by atoms with E-state index in [1.807, 2.05) is 26.8 Å². The monoisotopic (exact) mass is 395 g/mol. The Hall–Kier alpha value is -1.60. The van der Waals surface area contributed by atoms with Gasteiger partial charge in [-0.15, -0.1) is 0 Å². The van der Waals surface area contributed by atoms with Crippen LogP contribution in [0.3, 0.4) is 0 Å². The normalized spacial score (nSPS) is 16.0. The second-order valence-corrected chi connectivity index (χ2v) is 9.08. The predicted octanol–water partition coefficient (Wildman–Crippen LogP) is 3.69. The van der Waals surface area contributed by atoms with E-state index in [0.29, 0.717) is 18.8 Å². The number of hydrogen-bond donors (Lipinski definition) is 1. The third-order valence-corrected chi connectivity index (χ3v) is 7.23. The summed E-state index contributed by atoms with van der Waals surface area (Å²) in [7, 11) is -3.57. The Kier molecular flexibility index (Phi) is 7.68. The molecule has 1 amide bonds. The minimum Gasteiger partial charge on any atom is -0.370 e. The van der Waals surface area contributed by atoms with Crippen LogP contribution in [-0.4, -0.2) is 44.8 Å². The van der Waals surface area contributed by atoms with E-state index in [4.69, 9.17) is 0 Å². The van der Waals surface area contributed by atoms with Crippen LogP contribution in [0.15, 0.2) is 23.1 Å². The van der Waals surface area contributed by atoms with Crippen LogP contribution in [0.5, 0.6) is 0 Å². The van der Waals surface area contributed by atoms with Gasteiger partial charge in [-0.1, -0.05) is 34.1 Å². The van der Waals surface area contributed by atoms with E-state index < -0.39 is 10.0 Å². The first kappa shape index (κ1) is 21.7. The number of benzene rings is 1. The molecule has 1 N–H and O–H groups in total. The van der Waals surface area contributed by atoms with Crippen LogP contribution < -0.4 is 10.2 Å². The lowest BCUT2D eigenvalue weighted by atomic mass is 10.1. The molecule has 0 spiro atoms. The van der Waals surface area contributed by atoms with Crippen molar-refractivity contribution in [2.45, 2.75) is 58.3 Å². The number of amides is 1. The van der Waals surface area contributed by atoms with Crippen LogP contribution in [0, 0.1) is 5.92 Å².